The van der Waals surface area contributed by atoms with Crippen molar-refractivity contribution in [2.45, 2.75) is 36.1 Å². The Morgan fingerprint density at radius 1 is 1.22 bits per heavy atom. The van der Waals surface area contributed by atoms with Crippen LogP contribution in [0.15, 0.2) is 50.3 Å². The molecule has 13 nitrogen and oxygen atoms in total. The highest BCUT2D eigenvalue weighted by Crippen LogP contribution is 2.57. The van der Waals surface area contributed by atoms with E-state index in [4.69, 9.17) is 18.4 Å². The van der Waals surface area contributed by atoms with Crippen molar-refractivity contribution >= 4 is 41.5 Å². The number of rotatable bonds is 5. The maximum Gasteiger partial charge on any atom is 0.255 e. The van der Waals surface area contributed by atoms with E-state index in [0.29, 0.717) is 5.56 Å². The molecule has 1 aromatic carbocycles. The van der Waals surface area contributed by atoms with E-state index in [0.717, 1.165) is 0 Å². The molecule has 0 heterocycles. The molecule has 1 amide bonds. The number of thiol groups is 1. The highest BCUT2D eigenvalue weighted by Gasteiger charge is 2.68. The average Bonchev–Trinajstić information content (AvgIpc) is 2.82. The van der Waals surface area contributed by atoms with Crippen LogP contribution in [0.3, 0.4) is 0 Å². The fourth-order valence-electron chi connectivity index (χ4n) is 5.89. The number of nitrogens with two attached hydrogens (primary N) is 1. The second-order valence-electron chi connectivity index (χ2n) is 9.55. The quantitative estimate of drug-likeness (QED) is 0.0938. The highest BCUT2D eigenvalue weighted by atomic mass is 32.1. The molecular formula is C23H23N5O8S. The van der Waals surface area contributed by atoms with Crippen LogP contribution in [0.1, 0.15) is 34.8 Å². The maximum absolute atomic E-state index is 13.9. The third-order valence-corrected chi connectivity index (χ3v) is 8.01. The summed E-state index contributed by atoms with van der Waals surface area (Å²) in [5.41, 5.74) is 1.49. The summed E-state index contributed by atoms with van der Waals surface area (Å²) in [4.78, 5) is 64.9. The number of likely N-dealkylation sites (N-methyl/N-ethyl adjacent to an activating group) is 1. The van der Waals surface area contributed by atoms with Crippen molar-refractivity contribution < 1.29 is 29.8 Å². The van der Waals surface area contributed by atoms with Gasteiger partial charge >= 0.3 is 0 Å². The Morgan fingerprint density at radius 3 is 2.38 bits per heavy atom. The zero-order chi connectivity index (χ0) is 27.6. The van der Waals surface area contributed by atoms with E-state index in [2.05, 4.69) is 15.5 Å². The number of amides is 1. The van der Waals surface area contributed by atoms with Crippen molar-refractivity contribution in [3.05, 3.63) is 61.3 Å². The molecule has 37 heavy (non-hydrogen) atoms. The number of fused-ring (bicyclic) bond motifs is 3. The van der Waals surface area contributed by atoms with Crippen molar-refractivity contribution in [3.63, 3.8) is 0 Å². The molecule has 3 aliphatic rings. The van der Waals surface area contributed by atoms with E-state index in [9.17, 15) is 39.6 Å². The van der Waals surface area contributed by atoms with E-state index < -0.39 is 62.4 Å². The first-order chi connectivity index (χ1) is 17.3. The predicted octanol–water partition coefficient (Wildman–Crippen LogP) is 1.84. The number of Topliss-reactive ketones (excluding diaryl/α,β-unsaturated/α-hetero) is 2. The number of nitrogens with zero attached hydrogens (tertiary/aromatic N) is 4. The minimum Gasteiger partial charge on any atom is -0.510 e. The van der Waals surface area contributed by atoms with Crippen LogP contribution in [0.2, 0.25) is 0 Å². The van der Waals surface area contributed by atoms with Crippen LogP contribution in [0, 0.1) is 15.7 Å². The van der Waals surface area contributed by atoms with Gasteiger partial charge in [-0.25, -0.2) is 0 Å². The Kier molecular flexibility index (Phi) is 6.07. The van der Waals surface area contributed by atoms with E-state index in [1.807, 2.05) is 0 Å². The molecule has 194 valence electrons. The van der Waals surface area contributed by atoms with Gasteiger partial charge in [0, 0.05) is 16.2 Å². The van der Waals surface area contributed by atoms with Gasteiger partial charge in [0.1, 0.15) is 22.8 Å². The molecule has 0 bridgehead atoms. The van der Waals surface area contributed by atoms with Crippen LogP contribution in [-0.4, -0.2) is 73.9 Å². The molecule has 1 aromatic rings. The minimum absolute atomic E-state index is 0.116. The van der Waals surface area contributed by atoms with Gasteiger partial charge in [0.2, 0.25) is 11.3 Å². The third-order valence-electron chi connectivity index (χ3n) is 7.45. The number of oxime groups is 1. The van der Waals surface area contributed by atoms with Crippen LogP contribution in [-0.2, 0) is 16.0 Å². The topological polar surface area (TPSA) is 212 Å². The zero-order valence-corrected chi connectivity index (χ0v) is 20.8. The molecule has 4 rings (SSSR count). The summed E-state index contributed by atoms with van der Waals surface area (Å²) in [6.07, 6.45) is -0.361. The van der Waals surface area contributed by atoms with E-state index >= 15 is 0 Å². The Bertz CT molecular complexity index is 1400. The maximum atomic E-state index is 13.9. The molecule has 1 unspecified atom stereocenters. The second-order valence-corrected chi connectivity index (χ2v) is 10.4. The van der Waals surface area contributed by atoms with E-state index in [1.54, 1.807) is 0 Å². The van der Waals surface area contributed by atoms with Gasteiger partial charge in [-0.05, 0) is 55.8 Å². The molecule has 0 saturated carbocycles. The predicted molar refractivity (Wildman–Crippen MR) is 133 cm³/mol. The summed E-state index contributed by atoms with van der Waals surface area (Å²) in [5.74, 6) is -6.63. The smallest absolute Gasteiger partial charge is 0.255 e. The average molecular weight is 530 g/mol. The lowest BCUT2D eigenvalue weighted by Gasteiger charge is -2.52. The summed E-state index contributed by atoms with van der Waals surface area (Å²) in [5, 5.41) is 40.8. The summed E-state index contributed by atoms with van der Waals surface area (Å²) < 4.78 is -1.53. The molecule has 0 saturated heterocycles. The SMILES string of the molecule is C/C(=N/O)c1ccc(N=O)c2c1C[C@@]1(S)CC3[C@H](N(C)C)C(O)=C(C(N)=O)C(=O)[C@@]3(N=O)C(O)=C1C2=O. The number of benzene rings is 1. The van der Waals surface area contributed by atoms with Gasteiger partial charge < -0.3 is 21.2 Å². The van der Waals surface area contributed by atoms with Crippen molar-refractivity contribution in [3.8, 4) is 0 Å². The van der Waals surface area contributed by atoms with Crippen LogP contribution in [0.5, 0.6) is 0 Å². The van der Waals surface area contributed by atoms with E-state index in [1.165, 1.54) is 38.1 Å². The molecule has 14 heteroatoms. The number of hydrogen-bond donors (Lipinski definition) is 5. The molecular weight excluding hydrogens is 506 g/mol. The molecule has 0 fully saturated rings. The van der Waals surface area contributed by atoms with Gasteiger partial charge in [0.25, 0.3) is 5.91 Å². The van der Waals surface area contributed by atoms with Crippen LogP contribution >= 0.6 is 12.6 Å². The van der Waals surface area contributed by atoms with Crippen LogP contribution in [0.4, 0.5) is 5.69 Å². The van der Waals surface area contributed by atoms with Crippen molar-refractivity contribution in [1.82, 2.24) is 4.90 Å². The Labute approximate surface area is 215 Å². The summed E-state index contributed by atoms with van der Waals surface area (Å²) >= 11 is 4.74. The normalized spacial score (nSPS) is 29.6. The monoisotopic (exact) mass is 529 g/mol. The fraction of sp³-hybridized carbons (Fsp3) is 0.391. The number of aliphatic hydroxyl groups excluding tert-OH is 2. The molecule has 0 spiro atoms. The largest absolute Gasteiger partial charge is 0.510 e. The lowest BCUT2D eigenvalue weighted by molar-refractivity contribution is -0.128. The lowest BCUT2D eigenvalue weighted by Crippen LogP contribution is -2.65. The Balaban J connectivity index is 2.10. The first kappa shape index (κ1) is 26.2. The highest BCUT2D eigenvalue weighted by molar-refractivity contribution is 7.82. The summed E-state index contributed by atoms with van der Waals surface area (Å²) in [6, 6.07) is 1.49. The molecule has 0 radical (unpaired) electrons. The molecule has 4 atom stereocenters. The second kappa shape index (κ2) is 8.59. The van der Waals surface area contributed by atoms with Gasteiger partial charge in [-0.3, -0.25) is 19.3 Å². The van der Waals surface area contributed by atoms with Crippen molar-refractivity contribution in [1.29, 1.82) is 0 Å². The van der Waals surface area contributed by atoms with Crippen LogP contribution in [0.25, 0.3) is 0 Å². The summed E-state index contributed by atoms with van der Waals surface area (Å²) in [7, 11) is 3.02. The molecule has 3 aliphatic carbocycles. The Morgan fingerprint density at radius 2 is 1.86 bits per heavy atom. The number of nitroso groups, excluding NO2 is 2. The standard InChI is InChI=1S/C23H23N5O8S/c1-8(25-34)9-4-5-12(26-35)13-10(9)6-22(37)7-11-16(28(2)3)18(30)14(21(24)33)19(31)23(11,27-36)20(32)15(22)17(13)29/h4-5,11,16,30,32,34,37H,6-7H2,1-3H3,(H2,24,33)/b25-8-/t11?,16-,22+,23+/m0/s1. The van der Waals surface area contributed by atoms with Gasteiger partial charge in [-0.1, -0.05) is 11.2 Å². The van der Waals surface area contributed by atoms with Gasteiger partial charge in [-0.2, -0.15) is 12.6 Å². The third kappa shape index (κ3) is 3.28. The minimum atomic E-state index is -2.67. The number of carbonyl (C=O) groups excluding carboxylic acids is 3. The van der Waals surface area contributed by atoms with Crippen LogP contribution < -0.4 is 5.73 Å². The molecule has 0 aliphatic heterocycles. The van der Waals surface area contributed by atoms with Crippen molar-refractivity contribution in [2.24, 2.45) is 27.2 Å². The number of aliphatic hydroxyl groups is 2. The Hall–Kier alpha value is -3.91. The first-order valence-electron chi connectivity index (χ1n) is 11.0. The number of primary amides is 1. The number of carbonyl (C=O) groups is 3. The molecule has 5 N–H and O–H groups in total. The fourth-order valence-corrected chi connectivity index (χ4v) is 6.46. The van der Waals surface area contributed by atoms with Gasteiger partial charge in [0.05, 0.1) is 22.9 Å². The summed E-state index contributed by atoms with van der Waals surface area (Å²) in [6.45, 7) is 1.47. The van der Waals surface area contributed by atoms with Crippen molar-refractivity contribution in [2.75, 3.05) is 14.1 Å². The zero-order valence-electron chi connectivity index (χ0n) is 19.9. The first-order valence-corrected chi connectivity index (χ1v) is 11.4. The van der Waals surface area contributed by atoms with E-state index in [-0.39, 0.29) is 35.4 Å². The molecule has 0 aromatic heterocycles. The number of hydrogen-bond acceptors (Lipinski definition) is 13. The number of ketones is 2. The lowest BCUT2D eigenvalue weighted by atomic mass is 9.56. The van der Waals surface area contributed by atoms with Gasteiger partial charge in [0.15, 0.2) is 5.78 Å². The van der Waals surface area contributed by atoms with Gasteiger partial charge in [-0.15, -0.1) is 9.81 Å².